The summed E-state index contributed by atoms with van der Waals surface area (Å²) >= 11 is 0. The van der Waals surface area contributed by atoms with Crippen LogP contribution in [-0.2, 0) is 14.3 Å². The summed E-state index contributed by atoms with van der Waals surface area (Å²) in [5.74, 6) is -1.32. The van der Waals surface area contributed by atoms with E-state index in [1.807, 2.05) is 66.8 Å². The maximum Gasteiger partial charge on any atom is 0.346 e. The van der Waals surface area contributed by atoms with Crippen molar-refractivity contribution in [1.82, 2.24) is 0 Å². The average molecular weight is 654 g/mol. The number of carboxylic acids is 1. The summed E-state index contributed by atoms with van der Waals surface area (Å²) in [6.45, 7) is 2.30. The SMILES string of the molecule is Cc1ccc(N(c2ccc(/C=C/c3ccc(/C=C(\C#N)OC=O)cc3)cc2)c2ccc(/C=C/c3ccc(/C=C(\C#N)C(=O)O)cc3)cc2)cc1. The minimum atomic E-state index is -1.25. The van der Waals surface area contributed by atoms with Crippen molar-refractivity contribution in [3.05, 3.63) is 172 Å². The van der Waals surface area contributed by atoms with E-state index in [0.29, 0.717) is 5.56 Å². The third-order valence-electron chi connectivity index (χ3n) is 7.65. The number of hydrogen-bond acceptors (Lipinski definition) is 6. The molecule has 0 fully saturated rings. The predicted molar refractivity (Wildman–Crippen MR) is 199 cm³/mol. The molecule has 5 aromatic rings. The van der Waals surface area contributed by atoms with Gasteiger partial charge in [-0.3, -0.25) is 4.79 Å². The third kappa shape index (κ3) is 9.19. The Kier molecular flexibility index (Phi) is 11.3. The van der Waals surface area contributed by atoms with Crippen LogP contribution >= 0.6 is 0 Å². The summed E-state index contributed by atoms with van der Waals surface area (Å²) in [6, 6.07) is 43.4. The molecule has 1 N–H and O–H groups in total. The summed E-state index contributed by atoms with van der Waals surface area (Å²) in [6.07, 6.45) is 10.9. The van der Waals surface area contributed by atoms with Crippen LogP contribution in [0.25, 0.3) is 36.5 Å². The Hall–Kier alpha value is -7.22. The van der Waals surface area contributed by atoms with Crippen LogP contribution in [0.5, 0.6) is 0 Å². The maximum absolute atomic E-state index is 11.1. The molecule has 0 bridgehead atoms. The van der Waals surface area contributed by atoms with Crippen molar-refractivity contribution in [3.8, 4) is 12.1 Å². The second-order valence-corrected chi connectivity index (χ2v) is 11.2. The average Bonchev–Trinajstić information content (AvgIpc) is 3.14. The number of aliphatic carboxylic acids is 1. The number of ether oxygens (including phenoxy) is 1. The molecular weight excluding hydrogens is 622 g/mol. The molecule has 7 heteroatoms. The molecule has 0 aromatic heterocycles. The highest BCUT2D eigenvalue weighted by atomic mass is 16.5. The second-order valence-electron chi connectivity index (χ2n) is 11.2. The van der Waals surface area contributed by atoms with Crippen molar-refractivity contribution in [2.45, 2.75) is 6.92 Å². The molecule has 0 atom stereocenters. The van der Waals surface area contributed by atoms with Gasteiger partial charge in [-0.25, -0.2) is 4.79 Å². The largest absolute Gasteiger partial charge is 0.477 e. The van der Waals surface area contributed by atoms with E-state index < -0.39 is 5.97 Å². The normalized spacial score (nSPS) is 11.6. The lowest BCUT2D eigenvalue weighted by molar-refractivity contribution is -0.132. The number of hydrogen-bond donors (Lipinski definition) is 1. The molecule has 0 spiro atoms. The Morgan fingerprint density at radius 2 is 0.940 bits per heavy atom. The highest BCUT2D eigenvalue weighted by molar-refractivity contribution is 5.96. The smallest absolute Gasteiger partial charge is 0.346 e. The number of benzene rings is 5. The zero-order chi connectivity index (χ0) is 35.3. The molecule has 0 aliphatic carbocycles. The van der Waals surface area contributed by atoms with E-state index >= 15 is 0 Å². The van der Waals surface area contributed by atoms with Crippen molar-refractivity contribution < 1.29 is 19.4 Å². The Morgan fingerprint density at radius 3 is 1.30 bits per heavy atom. The molecule has 5 rings (SSSR count). The Morgan fingerprint density at radius 1 is 0.580 bits per heavy atom. The number of aryl methyl sites for hydroxylation is 1. The molecule has 5 aromatic carbocycles. The van der Waals surface area contributed by atoms with Gasteiger partial charge in [0.1, 0.15) is 17.7 Å². The topological polar surface area (TPSA) is 114 Å². The first-order valence-electron chi connectivity index (χ1n) is 15.6. The van der Waals surface area contributed by atoms with Gasteiger partial charge in [-0.1, -0.05) is 115 Å². The lowest BCUT2D eigenvalue weighted by atomic mass is 10.1. The minimum absolute atomic E-state index is 0.0677. The summed E-state index contributed by atoms with van der Waals surface area (Å²) < 4.78 is 4.65. The van der Waals surface area contributed by atoms with Crippen LogP contribution in [0.15, 0.2) is 133 Å². The summed E-state index contributed by atoms with van der Waals surface area (Å²) in [5, 5.41) is 27.1. The molecule has 0 heterocycles. The standard InChI is InChI=1S/C43H31N3O4/c1-31-2-20-39(21-3-31)46(40-22-16-34(17-23-40)6-4-32-8-12-36(13-9-32)26-38(28-44)43(48)49)41-24-18-35(19-25-41)7-5-33-10-14-37(15-11-33)27-42(29-45)50-30-47/h2-27,30H,1H3,(H,48,49)/b6-4+,7-5+,38-26+,42-27+. The fourth-order valence-corrected chi connectivity index (χ4v) is 5.01. The van der Waals surface area contributed by atoms with Crippen LogP contribution in [-0.4, -0.2) is 17.5 Å². The number of nitriles is 2. The minimum Gasteiger partial charge on any atom is -0.477 e. The van der Waals surface area contributed by atoms with E-state index in [9.17, 15) is 9.59 Å². The maximum atomic E-state index is 11.1. The number of rotatable bonds is 12. The summed E-state index contributed by atoms with van der Waals surface area (Å²) in [7, 11) is 0. The van der Waals surface area contributed by atoms with E-state index in [1.54, 1.807) is 18.2 Å². The Balaban J connectivity index is 1.32. The highest BCUT2D eigenvalue weighted by Crippen LogP contribution is 2.35. The van der Waals surface area contributed by atoms with E-state index in [-0.39, 0.29) is 17.8 Å². The van der Waals surface area contributed by atoms with Crippen molar-refractivity contribution in [1.29, 1.82) is 10.5 Å². The first-order valence-corrected chi connectivity index (χ1v) is 15.6. The molecule has 0 unspecified atom stereocenters. The Bertz CT molecular complexity index is 2160. The van der Waals surface area contributed by atoms with Crippen LogP contribution in [0.4, 0.5) is 17.1 Å². The third-order valence-corrected chi connectivity index (χ3v) is 7.65. The zero-order valence-corrected chi connectivity index (χ0v) is 27.1. The number of nitrogens with zero attached hydrogens (tertiary/aromatic N) is 3. The molecule has 0 aliphatic rings. The van der Waals surface area contributed by atoms with Gasteiger partial charge in [0.15, 0.2) is 0 Å². The van der Waals surface area contributed by atoms with Gasteiger partial charge >= 0.3 is 5.97 Å². The van der Waals surface area contributed by atoms with Crippen LogP contribution < -0.4 is 4.90 Å². The van der Waals surface area contributed by atoms with E-state index in [0.717, 1.165) is 44.9 Å². The quantitative estimate of drug-likeness (QED) is 0.0469. The monoisotopic (exact) mass is 653 g/mol. The number of carboxylic acid groups (broad SMARTS) is 1. The van der Waals surface area contributed by atoms with E-state index in [1.165, 1.54) is 17.7 Å². The molecule has 50 heavy (non-hydrogen) atoms. The lowest BCUT2D eigenvalue weighted by Crippen LogP contribution is -2.09. The van der Waals surface area contributed by atoms with E-state index in [2.05, 4.69) is 89.4 Å². The van der Waals surface area contributed by atoms with Gasteiger partial charge in [-0.15, -0.1) is 0 Å². The fourth-order valence-electron chi connectivity index (χ4n) is 5.01. The predicted octanol–water partition coefficient (Wildman–Crippen LogP) is 9.83. The Labute approximate surface area is 290 Å². The van der Waals surface area contributed by atoms with Gasteiger partial charge in [0.2, 0.25) is 5.76 Å². The van der Waals surface area contributed by atoms with E-state index in [4.69, 9.17) is 15.6 Å². The molecule has 0 radical (unpaired) electrons. The number of carbonyl (C=O) groups is 2. The summed E-state index contributed by atoms with van der Waals surface area (Å²) in [4.78, 5) is 23.8. The van der Waals surface area contributed by atoms with Crippen molar-refractivity contribution >= 4 is 66.0 Å². The van der Waals surface area contributed by atoms with Crippen molar-refractivity contribution in [2.24, 2.45) is 0 Å². The molecule has 7 nitrogen and oxygen atoms in total. The summed E-state index contributed by atoms with van der Waals surface area (Å²) in [5.41, 5.74) is 9.28. The number of anilines is 3. The van der Waals surface area contributed by atoms with Gasteiger partial charge in [-0.05, 0) is 88.9 Å². The highest BCUT2D eigenvalue weighted by Gasteiger charge is 2.12. The van der Waals surface area contributed by atoms with Gasteiger partial charge in [0.05, 0.1) is 0 Å². The first kappa shape index (κ1) is 34.1. The van der Waals surface area contributed by atoms with Crippen LogP contribution in [0.3, 0.4) is 0 Å². The number of carbonyl (C=O) groups excluding carboxylic acids is 1. The van der Waals surface area contributed by atoms with Gasteiger partial charge in [0.25, 0.3) is 6.47 Å². The fraction of sp³-hybridized carbons (Fsp3) is 0.0233. The van der Waals surface area contributed by atoms with Crippen LogP contribution in [0, 0.1) is 29.6 Å². The lowest BCUT2D eigenvalue weighted by Gasteiger charge is -2.26. The zero-order valence-electron chi connectivity index (χ0n) is 27.1. The van der Waals surface area contributed by atoms with Gasteiger partial charge in [-0.2, -0.15) is 10.5 Å². The number of allylic oxidation sites excluding steroid dienone is 1. The molecule has 242 valence electrons. The molecular formula is C43H31N3O4. The first-order chi connectivity index (χ1) is 24.3. The van der Waals surface area contributed by atoms with Crippen LogP contribution in [0.2, 0.25) is 0 Å². The van der Waals surface area contributed by atoms with Crippen LogP contribution in [0.1, 0.15) is 38.9 Å². The molecule has 0 saturated carbocycles. The molecule has 0 saturated heterocycles. The van der Waals surface area contributed by atoms with Crippen molar-refractivity contribution in [2.75, 3.05) is 4.90 Å². The molecule has 0 aliphatic heterocycles. The molecule has 0 amide bonds. The second kappa shape index (κ2) is 16.6. The van der Waals surface area contributed by atoms with Gasteiger partial charge in [0, 0.05) is 17.1 Å². The van der Waals surface area contributed by atoms with Crippen molar-refractivity contribution in [3.63, 3.8) is 0 Å². The van der Waals surface area contributed by atoms with Gasteiger partial charge < -0.3 is 14.7 Å².